The van der Waals surface area contributed by atoms with Crippen LogP contribution in [0, 0.1) is 5.41 Å². The molecule has 0 unspecified atom stereocenters. The number of carbonyl (C=O) groups is 2. The number of halogens is 5. The van der Waals surface area contributed by atoms with Gasteiger partial charge in [-0.3, -0.25) is 15.0 Å². The van der Waals surface area contributed by atoms with Gasteiger partial charge >= 0.3 is 0 Å². The largest absolute Gasteiger partial charge is 0.346 e. The zero-order valence-corrected chi connectivity index (χ0v) is 23.1. The Morgan fingerprint density at radius 3 is 2.34 bits per heavy atom. The van der Waals surface area contributed by atoms with Gasteiger partial charge in [0.1, 0.15) is 0 Å². The number of imidazole rings is 1. The van der Waals surface area contributed by atoms with Crippen LogP contribution in [-0.4, -0.2) is 39.3 Å². The summed E-state index contributed by atoms with van der Waals surface area (Å²) in [6.07, 6.45) is 0.647. The Morgan fingerprint density at radius 2 is 1.72 bits per heavy atom. The highest BCUT2D eigenvalue weighted by molar-refractivity contribution is 8.93. The fourth-order valence-corrected chi connectivity index (χ4v) is 4.09. The van der Waals surface area contributed by atoms with Crippen LogP contribution in [0.25, 0.3) is 11.0 Å². The van der Waals surface area contributed by atoms with Crippen molar-refractivity contribution >= 4 is 91.5 Å². The first-order valence-electron chi connectivity index (χ1n) is 9.32. The summed E-state index contributed by atoms with van der Waals surface area (Å²) in [7, 11) is 1.74. The highest BCUT2D eigenvalue weighted by atomic mass is 79.9. The van der Waals surface area contributed by atoms with E-state index in [1.54, 1.807) is 45.3 Å². The van der Waals surface area contributed by atoms with Gasteiger partial charge in [0.15, 0.2) is 5.78 Å². The molecule has 0 spiro atoms. The van der Waals surface area contributed by atoms with Crippen LogP contribution < -0.4 is 5.62 Å². The molecule has 0 fully saturated rings. The zero-order chi connectivity index (χ0) is 22.0. The summed E-state index contributed by atoms with van der Waals surface area (Å²) in [4.78, 5) is 25.9. The molecule has 0 saturated carbocycles. The molecule has 1 N–H and O–H groups in total. The molecule has 0 saturated heterocycles. The van der Waals surface area contributed by atoms with Crippen LogP contribution in [0.15, 0.2) is 36.4 Å². The molecule has 3 aromatic rings. The average molecular weight is 630 g/mol. The maximum atomic E-state index is 12.9. The third-order valence-electron chi connectivity index (χ3n) is 4.98. The Bertz CT molecular complexity index is 1190. The van der Waals surface area contributed by atoms with Crippen molar-refractivity contribution in [3.63, 3.8) is 0 Å². The molecule has 0 aliphatic carbocycles. The molecule has 32 heavy (non-hydrogen) atoms. The van der Waals surface area contributed by atoms with Gasteiger partial charge < -0.3 is 14.0 Å². The fourth-order valence-electron chi connectivity index (χ4n) is 3.30. The number of aryl methyl sites for hydroxylation is 1. The van der Waals surface area contributed by atoms with Gasteiger partial charge in [-0.05, 0) is 36.8 Å². The van der Waals surface area contributed by atoms with E-state index in [0.717, 1.165) is 0 Å². The van der Waals surface area contributed by atoms with Gasteiger partial charge in [-0.25, -0.2) is 0 Å². The molecule has 1 aromatic heterocycles. The van der Waals surface area contributed by atoms with Crippen LogP contribution in [0.5, 0.6) is 0 Å². The lowest BCUT2D eigenvalue weighted by atomic mass is 10.1. The molecule has 0 atom stereocenters. The van der Waals surface area contributed by atoms with Crippen molar-refractivity contribution in [3.05, 3.63) is 62.6 Å². The first-order chi connectivity index (χ1) is 14.2. The number of rotatable bonds is 7. The maximum absolute atomic E-state index is 12.9. The van der Waals surface area contributed by atoms with E-state index in [0.29, 0.717) is 46.2 Å². The minimum absolute atomic E-state index is 0. The number of hydrogen-bond donors (Lipinski definition) is 1. The van der Waals surface area contributed by atoms with Crippen molar-refractivity contribution in [2.45, 2.75) is 26.4 Å². The van der Waals surface area contributed by atoms with E-state index >= 15 is 0 Å². The lowest BCUT2D eigenvalue weighted by Crippen LogP contribution is -2.29. The lowest BCUT2D eigenvalue weighted by molar-refractivity contribution is -0.127. The van der Waals surface area contributed by atoms with Crippen LogP contribution >= 0.6 is 68.8 Å². The Morgan fingerprint density at radius 1 is 1.03 bits per heavy atom. The zero-order valence-electron chi connectivity index (χ0n) is 17.4. The van der Waals surface area contributed by atoms with Crippen LogP contribution in [0.1, 0.15) is 23.7 Å². The molecule has 2 aromatic carbocycles. The smallest absolute Gasteiger partial charge is 0.219 e. The van der Waals surface area contributed by atoms with Crippen molar-refractivity contribution in [2.75, 3.05) is 13.6 Å². The molecule has 174 valence electrons. The van der Waals surface area contributed by atoms with Crippen molar-refractivity contribution in [2.24, 2.45) is 0 Å². The molecule has 1 heterocycles. The van der Waals surface area contributed by atoms with Crippen LogP contribution in [0.3, 0.4) is 0 Å². The number of amides is 1. The van der Waals surface area contributed by atoms with Gasteiger partial charge in [-0.15, -0.1) is 34.0 Å². The van der Waals surface area contributed by atoms with Crippen molar-refractivity contribution in [1.82, 2.24) is 14.0 Å². The number of benzene rings is 2. The Kier molecular flexibility index (Phi) is 11.0. The Labute approximate surface area is 222 Å². The minimum atomic E-state index is -0.231. The second-order valence-corrected chi connectivity index (χ2v) is 8.26. The number of para-hydroxylation sites is 1. The Hall–Kier alpha value is -1.32. The number of aromatic nitrogens is 2. The molecule has 1 amide bonds. The number of Topliss-reactive ketones (excluding diaryl/α,β-unsaturated/α-hetero) is 1. The molecule has 0 aliphatic rings. The maximum Gasteiger partial charge on any atom is 0.219 e. The first kappa shape index (κ1) is 28.7. The van der Waals surface area contributed by atoms with E-state index in [1.165, 1.54) is 13.0 Å². The highest BCUT2D eigenvalue weighted by Gasteiger charge is 2.18. The topological polar surface area (TPSA) is 71.1 Å². The number of hydrogen-bond acceptors (Lipinski definition) is 3. The monoisotopic (exact) mass is 626 g/mol. The summed E-state index contributed by atoms with van der Waals surface area (Å²) in [6, 6.07) is 10.1. The summed E-state index contributed by atoms with van der Waals surface area (Å²) < 4.78 is 3.38. The molecule has 0 aliphatic heterocycles. The third-order valence-corrected chi connectivity index (χ3v) is 5.84. The molecule has 0 radical (unpaired) electrons. The highest BCUT2D eigenvalue weighted by Crippen LogP contribution is 2.25. The molecule has 6 nitrogen and oxygen atoms in total. The Balaban J connectivity index is 0.00000256. The third kappa shape index (κ3) is 6.17. The van der Waals surface area contributed by atoms with Crippen molar-refractivity contribution in [3.8, 4) is 0 Å². The van der Waals surface area contributed by atoms with E-state index in [4.69, 9.17) is 40.2 Å². The number of nitrogens with one attached hydrogen (secondary N) is 1. The SMILES string of the molecule is Br.Br.CC(=O)N(C)CCCn1c(=N)n(CC(=O)c2ccc(Cl)cc2Cl)c2cccc(Cl)c21. The van der Waals surface area contributed by atoms with Crippen LogP contribution in [0.4, 0.5) is 0 Å². The second-order valence-electron chi connectivity index (χ2n) is 7.01. The quantitative estimate of drug-likeness (QED) is 0.337. The predicted molar refractivity (Wildman–Crippen MR) is 140 cm³/mol. The average Bonchev–Trinajstić information content (AvgIpc) is 2.94. The summed E-state index contributed by atoms with van der Waals surface area (Å²) in [5.41, 5.74) is 1.87. The first-order valence-corrected chi connectivity index (χ1v) is 10.5. The van der Waals surface area contributed by atoms with Gasteiger partial charge in [-0.1, -0.05) is 40.9 Å². The molecule has 0 bridgehead atoms. The van der Waals surface area contributed by atoms with Gasteiger partial charge in [0.25, 0.3) is 0 Å². The molecular weight excluding hydrogens is 606 g/mol. The summed E-state index contributed by atoms with van der Waals surface area (Å²) in [5.74, 6) is -0.248. The number of ketones is 1. The number of carbonyl (C=O) groups excluding carboxylic acids is 2. The fraction of sp³-hybridized carbons (Fsp3) is 0.286. The van der Waals surface area contributed by atoms with Gasteiger partial charge in [0.05, 0.1) is 27.6 Å². The van der Waals surface area contributed by atoms with E-state index < -0.39 is 0 Å². The molecule has 3 rings (SSSR count). The number of nitrogens with zero attached hydrogens (tertiary/aromatic N) is 3. The lowest BCUT2D eigenvalue weighted by Gasteiger charge is -2.14. The van der Waals surface area contributed by atoms with E-state index in [1.807, 2.05) is 6.07 Å². The standard InChI is InChI=1S/C21H21Cl3N4O2.2BrH/c1-13(29)26(2)9-4-10-27-20-16(23)5-3-6-18(20)28(21(27)25)12-19(30)15-8-7-14(22)11-17(15)24;;/h3,5-8,11,25H,4,9-10,12H2,1-2H3;2*1H. The van der Waals surface area contributed by atoms with Crippen molar-refractivity contribution in [1.29, 1.82) is 5.41 Å². The normalized spacial score (nSPS) is 10.4. The van der Waals surface area contributed by atoms with Crippen LogP contribution in [0.2, 0.25) is 15.1 Å². The number of fused-ring (bicyclic) bond motifs is 1. The van der Waals surface area contributed by atoms with E-state index in [-0.39, 0.29) is 62.8 Å². The van der Waals surface area contributed by atoms with Gasteiger partial charge in [0, 0.05) is 37.6 Å². The van der Waals surface area contributed by atoms with Gasteiger partial charge in [0.2, 0.25) is 11.5 Å². The summed E-state index contributed by atoms with van der Waals surface area (Å²) in [6.45, 7) is 2.49. The van der Waals surface area contributed by atoms with Crippen molar-refractivity contribution < 1.29 is 9.59 Å². The summed E-state index contributed by atoms with van der Waals surface area (Å²) >= 11 is 18.5. The van der Waals surface area contributed by atoms with E-state index in [2.05, 4.69) is 0 Å². The summed E-state index contributed by atoms with van der Waals surface area (Å²) in [5, 5.41) is 9.88. The van der Waals surface area contributed by atoms with Gasteiger partial charge in [-0.2, -0.15) is 0 Å². The molecular formula is C21H23Br2Cl3N4O2. The van der Waals surface area contributed by atoms with E-state index in [9.17, 15) is 9.59 Å². The minimum Gasteiger partial charge on any atom is -0.346 e. The predicted octanol–water partition coefficient (Wildman–Crippen LogP) is 5.79. The second kappa shape index (κ2) is 12.2. The molecule has 11 heteroatoms. The van der Waals surface area contributed by atoms with Crippen LogP contribution in [-0.2, 0) is 17.9 Å².